The molecule has 1 fully saturated rings. The van der Waals surface area contributed by atoms with Crippen LogP contribution in [-0.4, -0.2) is 58.0 Å². The van der Waals surface area contributed by atoms with Gasteiger partial charge in [0.15, 0.2) is 0 Å². The molecule has 0 spiro atoms. The van der Waals surface area contributed by atoms with E-state index in [1.165, 1.54) is 0 Å². The van der Waals surface area contributed by atoms with Crippen LogP contribution in [0.3, 0.4) is 0 Å². The molecule has 1 unspecified atom stereocenters. The second kappa shape index (κ2) is 6.75. The second-order valence-corrected chi connectivity index (χ2v) is 6.43. The van der Waals surface area contributed by atoms with Crippen molar-refractivity contribution in [2.24, 2.45) is 0 Å². The lowest BCUT2D eigenvalue weighted by Gasteiger charge is -2.42. The second-order valence-electron chi connectivity index (χ2n) is 6.43. The number of aliphatic hydroxyl groups excluding tert-OH is 1. The van der Waals surface area contributed by atoms with Gasteiger partial charge in [-0.1, -0.05) is 24.3 Å². The molecule has 6 nitrogen and oxygen atoms in total. The SMILES string of the molecule is Cc1ccccc1CC1(CO)CN(C(=O)c2cn[nH]c2C)CCO1. The van der Waals surface area contributed by atoms with Gasteiger partial charge < -0.3 is 14.7 Å². The molecule has 0 radical (unpaired) electrons. The van der Waals surface area contributed by atoms with E-state index in [9.17, 15) is 9.90 Å². The zero-order chi connectivity index (χ0) is 17.2. The van der Waals surface area contributed by atoms with Crippen molar-refractivity contribution in [2.75, 3.05) is 26.3 Å². The zero-order valence-corrected chi connectivity index (χ0v) is 14.1. The van der Waals surface area contributed by atoms with Gasteiger partial charge in [0.1, 0.15) is 5.60 Å². The molecule has 128 valence electrons. The summed E-state index contributed by atoms with van der Waals surface area (Å²) in [6.45, 7) is 5.03. The Bertz CT molecular complexity index is 728. The maximum atomic E-state index is 12.7. The fourth-order valence-electron chi connectivity index (χ4n) is 3.17. The van der Waals surface area contributed by atoms with Crippen molar-refractivity contribution in [2.45, 2.75) is 25.9 Å². The van der Waals surface area contributed by atoms with Crippen LogP contribution in [0.2, 0.25) is 0 Å². The van der Waals surface area contributed by atoms with Crippen LogP contribution >= 0.6 is 0 Å². The summed E-state index contributed by atoms with van der Waals surface area (Å²) in [5.41, 5.74) is 2.83. The first-order chi connectivity index (χ1) is 11.5. The van der Waals surface area contributed by atoms with Crippen LogP contribution in [0.4, 0.5) is 0 Å². The highest BCUT2D eigenvalue weighted by molar-refractivity contribution is 5.95. The average molecular weight is 329 g/mol. The van der Waals surface area contributed by atoms with Gasteiger partial charge in [-0.15, -0.1) is 0 Å². The van der Waals surface area contributed by atoms with Gasteiger partial charge in [0.05, 0.1) is 31.5 Å². The summed E-state index contributed by atoms with van der Waals surface area (Å²) < 4.78 is 5.93. The zero-order valence-electron chi connectivity index (χ0n) is 14.1. The number of rotatable bonds is 4. The lowest BCUT2D eigenvalue weighted by Crippen LogP contribution is -2.57. The number of nitrogens with zero attached hydrogens (tertiary/aromatic N) is 2. The van der Waals surface area contributed by atoms with Gasteiger partial charge in [-0.3, -0.25) is 9.89 Å². The number of hydrogen-bond acceptors (Lipinski definition) is 4. The van der Waals surface area contributed by atoms with Gasteiger partial charge in [-0.25, -0.2) is 0 Å². The number of carbonyl (C=O) groups is 1. The predicted octanol–water partition coefficient (Wildman–Crippen LogP) is 1.47. The quantitative estimate of drug-likeness (QED) is 0.890. The third-order valence-corrected chi connectivity index (χ3v) is 4.66. The first-order valence-corrected chi connectivity index (χ1v) is 8.13. The van der Waals surface area contributed by atoms with Crippen molar-refractivity contribution in [1.82, 2.24) is 15.1 Å². The standard InChI is InChI=1S/C18H23N3O3/c1-13-5-3-4-6-15(13)9-18(12-22)11-21(7-8-24-18)17(23)16-10-19-20-14(16)2/h3-6,10,22H,7-9,11-12H2,1-2H3,(H,19,20). The number of H-pyrrole nitrogens is 1. The van der Waals surface area contributed by atoms with E-state index in [1.54, 1.807) is 11.1 Å². The Labute approximate surface area is 141 Å². The van der Waals surface area contributed by atoms with E-state index in [4.69, 9.17) is 4.74 Å². The van der Waals surface area contributed by atoms with Gasteiger partial charge in [0.2, 0.25) is 0 Å². The van der Waals surface area contributed by atoms with Crippen LogP contribution in [0.25, 0.3) is 0 Å². The van der Waals surface area contributed by atoms with Crippen LogP contribution < -0.4 is 0 Å². The monoisotopic (exact) mass is 329 g/mol. The summed E-state index contributed by atoms with van der Waals surface area (Å²) in [5, 5.41) is 16.7. The van der Waals surface area contributed by atoms with Gasteiger partial charge in [0.25, 0.3) is 5.91 Å². The van der Waals surface area contributed by atoms with Crippen molar-refractivity contribution in [3.8, 4) is 0 Å². The lowest BCUT2D eigenvalue weighted by atomic mass is 9.90. The molecule has 1 aromatic carbocycles. The Balaban J connectivity index is 1.81. The van der Waals surface area contributed by atoms with Crippen molar-refractivity contribution in [1.29, 1.82) is 0 Å². The summed E-state index contributed by atoms with van der Waals surface area (Å²) in [6.07, 6.45) is 2.12. The number of morpholine rings is 1. The number of nitrogens with one attached hydrogen (secondary N) is 1. The number of amides is 1. The van der Waals surface area contributed by atoms with Crippen LogP contribution in [-0.2, 0) is 11.2 Å². The number of ether oxygens (including phenoxy) is 1. The first kappa shape index (κ1) is 16.7. The normalized spacial score (nSPS) is 21.0. The fraction of sp³-hybridized carbons (Fsp3) is 0.444. The molecule has 2 heterocycles. The maximum absolute atomic E-state index is 12.7. The molecule has 2 aromatic rings. The molecule has 1 aliphatic rings. The van der Waals surface area contributed by atoms with E-state index in [1.807, 2.05) is 38.1 Å². The third kappa shape index (κ3) is 3.20. The maximum Gasteiger partial charge on any atom is 0.257 e. The van der Waals surface area contributed by atoms with E-state index in [2.05, 4.69) is 10.2 Å². The molecule has 2 N–H and O–H groups in total. The lowest BCUT2D eigenvalue weighted by molar-refractivity contribution is -0.123. The Kier molecular flexibility index (Phi) is 4.69. The number of benzene rings is 1. The number of aromatic amines is 1. The Morgan fingerprint density at radius 3 is 2.88 bits per heavy atom. The van der Waals surface area contributed by atoms with E-state index >= 15 is 0 Å². The number of carbonyl (C=O) groups excluding carboxylic acids is 1. The number of aromatic nitrogens is 2. The predicted molar refractivity (Wildman–Crippen MR) is 89.9 cm³/mol. The molecule has 6 heteroatoms. The van der Waals surface area contributed by atoms with Crippen LogP contribution in [0.1, 0.15) is 27.2 Å². The molecule has 24 heavy (non-hydrogen) atoms. The Hall–Kier alpha value is -2.18. The van der Waals surface area contributed by atoms with Gasteiger partial charge in [0, 0.05) is 18.7 Å². The fourth-order valence-corrected chi connectivity index (χ4v) is 3.17. The van der Waals surface area contributed by atoms with Gasteiger partial charge >= 0.3 is 0 Å². The molecule has 0 saturated carbocycles. The summed E-state index contributed by atoms with van der Waals surface area (Å²) in [7, 11) is 0. The van der Waals surface area contributed by atoms with Crippen molar-refractivity contribution >= 4 is 5.91 Å². The van der Waals surface area contributed by atoms with Crippen molar-refractivity contribution < 1.29 is 14.6 Å². The highest BCUT2D eigenvalue weighted by Gasteiger charge is 2.39. The molecule has 3 rings (SSSR count). The van der Waals surface area contributed by atoms with E-state index in [-0.39, 0.29) is 12.5 Å². The molecule has 0 aliphatic carbocycles. The van der Waals surface area contributed by atoms with E-state index < -0.39 is 5.60 Å². The van der Waals surface area contributed by atoms with Crippen molar-refractivity contribution in [3.05, 3.63) is 52.8 Å². The van der Waals surface area contributed by atoms with Gasteiger partial charge in [-0.05, 0) is 25.0 Å². The van der Waals surface area contributed by atoms with Crippen LogP contribution in [0.5, 0.6) is 0 Å². The molecular weight excluding hydrogens is 306 g/mol. The summed E-state index contributed by atoms with van der Waals surface area (Å²) in [5.74, 6) is -0.0767. The molecule has 0 bridgehead atoms. The molecule has 1 saturated heterocycles. The largest absolute Gasteiger partial charge is 0.393 e. The average Bonchev–Trinajstić information content (AvgIpc) is 3.02. The van der Waals surface area contributed by atoms with Crippen LogP contribution in [0.15, 0.2) is 30.5 Å². The Morgan fingerprint density at radius 1 is 1.42 bits per heavy atom. The minimum atomic E-state index is -0.766. The molecule has 1 atom stereocenters. The van der Waals surface area contributed by atoms with Crippen LogP contribution in [0, 0.1) is 13.8 Å². The van der Waals surface area contributed by atoms with E-state index in [0.29, 0.717) is 31.7 Å². The third-order valence-electron chi connectivity index (χ3n) is 4.66. The highest BCUT2D eigenvalue weighted by atomic mass is 16.5. The Morgan fingerprint density at radius 2 is 2.21 bits per heavy atom. The first-order valence-electron chi connectivity index (χ1n) is 8.13. The highest BCUT2D eigenvalue weighted by Crippen LogP contribution is 2.25. The molecular formula is C18H23N3O3. The smallest absolute Gasteiger partial charge is 0.257 e. The van der Waals surface area contributed by atoms with E-state index in [0.717, 1.165) is 16.8 Å². The number of hydrogen-bond donors (Lipinski definition) is 2. The molecule has 1 aliphatic heterocycles. The molecule has 1 aromatic heterocycles. The topological polar surface area (TPSA) is 78.5 Å². The summed E-state index contributed by atoms with van der Waals surface area (Å²) in [6, 6.07) is 8.05. The van der Waals surface area contributed by atoms with Gasteiger partial charge in [-0.2, -0.15) is 5.10 Å². The summed E-state index contributed by atoms with van der Waals surface area (Å²) >= 11 is 0. The minimum absolute atomic E-state index is 0.0767. The van der Waals surface area contributed by atoms with Crippen molar-refractivity contribution in [3.63, 3.8) is 0 Å². The number of aryl methyl sites for hydroxylation is 2. The number of aliphatic hydroxyl groups is 1. The summed E-state index contributed by atoms with van der Waals surface area (Å²) in [4.78, 5) is 14.5. The molecule has 1 amide bonds. The minimum Gasteiger partial charge on any atom is -0.393 e.